The number of hydrogen-bond acceptors (Lipinski definition) is 3. The van der Waals surface area contributed by atoms with Gasteiger partial charge in [0.05, 0.1) is 0 Å². The molecule has 20 heavy (non-hydrogen) atoms. The van der Waals surface area contributed by atoms with E-state index in [1.807, 2.05) is 11.8 Å². The van der Waals surface area contributed by atoms with Crippen LogP contribution in [0.5, 0.6) is 0 Å². The summed E-state index contributed by atoms with van der Waals surface area (Å²) in [6.45, 7) is 8.87. The van der Waals surface area contributed by atoms with Gasteiger partial charge in [0, 0.05) is 32.2 Å². The van der Waals surface area contributed by atoms with Gasteiger partial charge in [0.25, 0.3) is 0 Å². The molecule has 0 rings (SSSR count). The van der Waals surface area contributed by atoms with Gasteiger partial charge in [-0.05, 0) is 26.3 Å². The van der Waals surface area contributed by atoms with Crippen molar-refractivity contribution in [3.05, 3.63) is 0 Å². The summed E-state index contributed by atoms with van der Waals surface area (Å²) in [5.41, 5.74) is 0. The Hall–Kier alpha value is -0.610. The third-order valence-electron chi connectivity index (χ3n) is 3.50. The van der Waals surface area contributed by atoms with E-state index >= 15 is 0 Å². The third kappa shape index (κ3) is 10.2. The lowest BCUT2D eigenvalue weighted by Gasteiger charge is -2.24. The van der Waals surface area contributed by atoms with Crippen LogP contribution in [-0.4, -0.2) is 48.2 Å². The molecule has 2 N–H and O–H groups in total. The highest BCUT2D eigenvalue weighted by Crippen LogP contribution is 2.07. The SMILES string of the molecule is CCCCCCCN(CCCO)C(=O)CC(C)NCC. The molecule has 0 fully saturated rings. The molecule has 0 saturated heterocycles. The Morgan fingerprint density at radius 1 is 1.10 bits per heavy atom. The van der Waals surface area contributed by atoms with Gasteiger partial charge in [-0.2, -0.15) is 0 Å². The number of aliphatic hydroxyl groups excluding tert-OH is 1. The second-order valence-electron chi connectivity index (χ2n) is 5.54. The van der Waals surface area contributed by atoms with Crippen molar-refractivity contribution in [2.75, 3.05) is 26.2 Å². The van der Waals surface area contributed by atoms with Crippen molar-refractivity contribution in [3.8, 4) is 0 Å². The average molecular weight is 286 g/mol. The van der Waals surface area contributed by atoms with E-state index < -0.39 is 0 Å². The summed E-state index contributed by atoms with van der Waals surface area (Å²) in [5, 5.41) is 12.2. The van der Waals surface area contributed by atoms with E-state index in [1.165, 1.54) is 25.7 Å². The predicted molar refractivity (Wildman–Crippen MR) is 84.8 cm³/mol. The van der Waals surface area contributed by atoms with E-state index in [9.17, 15) is 4.79 Å². The first kappa shape index (κ1) is 19.4. The number of nitrogens with zero attached hydrogens (tertiary/aromatic N) is 1. The molecule has 0 aliphatic heterocycles. The van der Waals surface area contributed by atoms with Gasteiger partial charge < -0.3 is 15.3 Å². The molecule has 1 atom stereocenters. The van der Waals surface area contributed by atoms with E-state index in [0.29, 0.717) is 19.4 Å². The molecule has 4 nitrogen and oxygen atoms in total. The number of amides is 1. The molecule has 0 aliphatic rings. The molecule has 0 aromatic carbocycles. The van der Waals surface area contributed by atoms with Gasteiger partial charge in [0.2, 0.25) is 5.91 Å². The molecule has 4 heteroatoms. The van der Waals surface area contributed by atoms with Gasteiger partial charge in [0.1, 0.15) is 0 Å². The average Bonchev–Trinajstić information content (AvgIpc) is 2.42. The maximum absolute atomic E-state index is 12.3. The topological polar surface area (TPSA) is 52.6 Å². The highest BCUT2D eigenvalue weighted by molar-refractivity contribution is 5.76. The summed E-state index contributed by atoms with van der Waals surface area (Å²) in [7, 11) is 0. The van der Waals surface area contributed by atoms with Crippen LogP contribution in [0.3, 0.4) is 0 Å². The summed E-state index contributed by atoms with van der Waals surface area (Å²) in [4.78, 5) is 14.2. The summed E-state index contributed by atoms with van der Waals surface area (Å²) < 4.78 is 0. The minimum absolute atomic E-state index is 0.155. The van der Waals surface area contributed by atoms with Crippen LogP contribution < -0.4 is 5.32 Å². The standard InChI is InChI=1S/C16H34N2O2/c1-4-6-7-8-9-11-18(12-10-13-19)16(20)14-15(3)17-5-2/h15,17,19H,4-14H2,1-3H3. The van der Waals surface area contributed by atoms with Crippen LogP contribution in [0.2, 0.25) is 0 Å². The fourth-order valence-electron chi connectivity index (χ4n) is 2.34. The van der Waals surface area contributed by atoms with Crippen molar-refractivity contribution in [3.63, 3.8) is 0 Å². The summed E-state index contributed by atoms with van der Waals surface area (Å²) in [6.07, 6.45) is 7.28. The number of carbonyl (C=O) groups is 1. The monoisotopic (exact) mass is 286 g/mol. The molecule has 0 spiro atoms. The van der Waals surface area contributed by atoms with Crippen molar-refractivity contribution in [1.82, 2.24) is 10.2 Å². The van der Waals surface area contributed by atoms with Crippen molar-refractivity contribution in [1.29, 1.82) is 0 Å². The Kier molecular flexibility index (Phi) is 13.0. The second-order valence-corrected chi connectivity index (χ2v) is 5.54. The number of rotatable bonds is 13. The number of aliphatic hydroxyl groups is 1. The van der Waals surface area contributed by atoms with Crippen LogP contribution in [0.1, 0.15) is 65.7 Å². The first-order valence-corrected chi connectivity index (χ1v) is 8.27. The zero-order chi connectivity index (χ0) is 15.2. The normalized spacial score (nSPS) is 12.4. The van der Waals surface area contributed by atoms with Crippen LogP contribution in [0.4, 0.5) is 0 Å². The van der Waals surface area contributed by atoms with Crippen LogP contribution in [-0.2, 0) is 4.79 Å². The fraction of sp³-hybridized carbons (Fsp3) is 0.938. The quantitative estimate of drug-likeness (QED) is 0.512. The molecule has 120 valence electrons. The number of nitrogens with one attached hydrogen (secondary N) is 1. The molecule has 0 aromatic heterocycles. The first-order valence-electron chi connectivity index (χ1n) is 8.27. The molecule has 0 saturated carbocycles. The minimum atomic E-state index is 0.155. The van der Waals surface area contributed by atoms with Crippen LogP contribution in [0.25, 0.3) is 0 Å². The number of hydrogen-bond donors (Lipinski definition) is 2. The van der Waals surface area contributed by atoms with Gasteiger partial charge in [0.15, 0.2) is 0 Å². The maximum atomic E-state index is 12.3. The Morgan fingerprint density at radius 3 is 2.35 bits per heavy atom. The lowest BCUT2D eigenvalue weighted by Crippen LogP contribution is -2.38. The molecule has 0 aliphatic carbocycles. The van der Waals surface area contributed by atoms with E-state index in [2.05, 4.69) is 19.2 Å². The Labute approximate surface area is 124 Å². The molecule has 1 amide bonds. The van der Waals surface area contributed by atoms with Gasteiger partial charge >= 0.3 is 0 Å². The zero-order valence-corrected chi connectivity index (χ0v) is 13.7. The van der Waals surface area contributed by atoms with Crippen molar-refractivity contribution >= 4 is 5.91 Å². The maximum Gasteiger partial charge on any atom is 0.224 e. The van der Waals surface area contributed by atoms with Crippen molar-refractivity contribution in [2.45, 2.75) is 71.8 Å². The lowest BCUT2D eigenvalue weighted by atomic mass is 10.1. The highest BCUT2D eigenvalue weighted by atomic mass is 16.3. The first-order chi connectivity index (χ1) is 9.65. The van der Waals surface area contributed by atoms with Crippen molar-refractivity contribution < 1.29 is 9.90 Å². The summed E-state index contributed by atoms with van der Waals surface area (Å²) in [5.74, 6) is 0.211. The minimum Gasteiger partial charge on any atom is -0.396 e. The van der Waals surface area contributed by atoms with E-state index in [-0.39, 0.29) is 18.6 Å². The van der Waals surface area contributed by atoms with Gasteiger partial charge in [-0.15, -0.1) is 0 Å². The van der Waals surface area contributed by atoms with Crippen LogP contribution in [0.15, 0.2) is 0 Å². The lowest BCUT2D eigenvalue weighted by molar-refractivity contribution is -0.131. The zero-order valence-electron chi connectivity index (χ0n) is 13.7. The smallest absolute Gasteiger partial charge is 0.224 e. The van der Waals surface area contributed by atoms with E-state index in [0.717, 1.165) is 19.5 Å². The predicted octanol–water partition coefficient (Wildman–Crippen LogP) is 2.56. The molecule has 0 bridgehead atoms. The third-order valence-corrected chi connectivity index (χ3v) is 3.50. The highest BCUT2D eigenvalue weighted by Gasteiger charge is 2.15. The van der Waals surface area contributed by atoms with Gasteiger partial charge in [-0.1, -0.05) is 39.5 Å². The molecule has 0 heterocycles. The largest absolute Gasteiger partial charge is 0.396 e. The van der Waals surface area contributed by atoms with E-state index in [4.69, 9.17) is 5.11 Å². The molecule has 0 aromatic rings. The van der Waals surface area contributed by atoms with Crippen molar-refractivity contribution in [2.24, 2.45) is 0 Å². The second kappa shape index (κ2) is 13.4. The van der Waals surface area contributed by atoms with Crippen LogP contribution in [0, 0.1) is 0 Å². The Balaban J connectivity index is 4.07. The molecular weight excluding hydrogens is 252 g/mol. The Morgan fingerprint density at radius 2 is 1.75 bits per heavy atom. The van der Waals surface area contributed by atoms with E-state index in [1.54, 1.807) is 0 Å². The Bertz CT molecular complexity index is 235. The fourth-order valence-corrected chi connectivity index (χ4v) is 2.34. The summed E-state index contributed by atoms with van der Waals surface area (Å²) >= 11 is 0. The molecular formula is C16H34N2O2. The number of carbonyl (C=O) groups excluding carboxylic acids is 1. The van der Waals surface area contributed by atoms with Crippen LogP contribution >= 0.6 is 0 Å². The molecule has 1 unspecified atom stereocenters. The summed E-state index contributed by atoms with van der Waals surface area (Å²) in [6, 6.07) is 0.226. The number of unbranched alkanes of at least 4 members (excludes halogenated alkanes) is 4. The molecule has 0 radical (unpaired) electrons. The van der Waals surface area contributed by atoms with Gasteiger partial charge in [-0.3, -0.25) is 4.79 Å². The van der Waals surface area contributed by atoms with Gasteiger partial charge in [-0.25, -0.2) is 0 Å².